The second kappa shape index (κ2) is 52.0. The number of rotatable bonds is 49. The molecule has 0 aromatic carbocycles. The van der Waals surface area contributed by atoms with Gasteiger partial charge < -0.3 is 14.2 Å². The van der Waals surface area contributed by atoms with Crippen molar-refractivity contribution in [3.8, 4) is 0 Å². The molecule has 0 aromatic heterocycles. The molecule has 6 heteroatoms. The molecule has 0 aliphatic heterocycles. The van der Waals surface area contributed by atoms with E-state index in [9.17, 15) is 14.4 Å². The van der Waals surface area contributed by atoms with E-state index >= 15 is 0 Å². The van der Waals surface area contributed by atoms with Crippen LogP contribution in [0.1, 0.15) is 278 Å². The third kappa shape index (κ3) is 50.2. The third-order valence-corrected chi connectivity index (χ3v) is 11.8. The summed E-state index contributed by atoms with van der Waals surface area (Å²) >= 11 is 0. The fraction of sp³-hybridized carbons (Fsp3) is 0.807. The van der Waals surface area contributed by atoms with Crippen LogP contribution in [-0.2, 0) is 28.6 Å². The molecule has 0 fully saturated rings. The van der Waals surface area contributed by atoms with Crippen LogP contribution in [0.25, 0.3) is 0 Å². The molecule has 6 nitrogen and oxygen atoms in total. The lowest BCUT2D eigenvalue weighted by atomic mass is 10.0. The lowest BCUT2D eigenvalue weighted by Crippen LogP contribution is -2.30. The highest BCUT2D eigenvalue weighted by molar-refractivity contribution is 5.71. The van der Waals surface area contributed by atoms with E-state index in [0.29, 0.717) is 19.3 Å². The predicted octanol–water partition coefficient (Wildman–Crippen LogP) is 17.9. The molecule has 0 heterocycles. The standard InChI is InChI=1S/C57H102O6/c1-4-7-10-13-16-19-22-24-26-28-30-32-35-38-41-44-47-50-56(59)62-53-54(52-61-55(58)49-46-43-40-37-34-21-18-15-12-9-6-3)63-57(60)51-48-45-42-39-36-33-31-29-27-25-23-20-17-14-11-8-5-2/h7,10,16,19,24,26,30,32,54H,4-6,8-9,11-15,17-18,20-23,25,27-29,31,33-53H2,1-3H3/b10-7-,19-16-,26-24-,32-30-. The topological polar surface area (TPSA) is 78.9 Å². The molecule has 63 heavy (non-hydrogen) atoms. The van der Waals surface area contributed by atoms with Crippen molar-refractivity contribution in [3.05, 3.63) is 48.6 Å². The summed E-state index contributed by atoms with van der Waals surface area (Å²) in [4.78, 5) is 38.0. The van der Waals surface area contributed by atoms with Crippen molar-refractivity contribution >= 4 is 17.9 Å². The Hall–Kier alpha value is -2.63. The van der Waals surface area contributed by atoms with E-state index in [1.165, 1.54) is 141 Å². The molecule has 0 aliphatic rings. The van der Waals surface area contributed by atoms with Gasteiger partial charge >= 0.3 is 17.9 Å². The van der Waals surface area contributed by atoms with Gasteiger partial charge in [-0.25, -0.2) is 0 Å². The molecule has 0 saturated carbocycles. The van der Waals surface area contributed by atoms with E-state index in [0.717, 1.165) is 96.3 Å². The molecule has 0 N–H and O–H groups in total. The van der Waals surface area contributed by atoms with Crippen molar-refractivity contribution in [2.24, 2.45) is 0 Å². The summed E-state index contributed by atoms with van der Waals surface area (Å²) < 4.78 is 16.8. The van der Waals surface area contributed by atoms with Crippen molar-refractivity contribution in [2.45, 2.75) is 284 Å². The molecule has 0 spiro atoms. The Labute approximate surface area is 390 Å². The van der Waals surface area contributed by atoms with Crippen LogP contribution in [-0.4, -0.2) is 37.2 Å². The van der Waals surface area contributed by atoms with Gasteiger partial charge in [-0.3, -0.25) is 14.4 Å². The predicted molar refractivity (Wildman–Crippen MR) is 270 cm³/mol. The van der Waals surface area contributed by atoms with Gasteiger partial charge in [-0.2, -0.15) is 0 Å². The van der Waals surface area contributed by atoms with Crippen LogP contribution in [0, 0.1) is 0 Å². The van der Waals surface area contributed by atoms with Gasteiger partial charge in [0.15, 0.2) is 6.10 Å². The van der Waals surface area contributed by atoms with Crippen molar-refractivity contribution in [1.82, 2.24) is 0 Å². The summed E-state index contributed by atoms with van der Waals surface area (Å²) in [5.41, 5.74) is 0. The van der Waals surface area contributed by atoms with E-state index in [1.807, 2.05) is 0 Å². The largest absolute Gasteiger partial charge is 0.462 e. The SMILES string of the molecule is CC/C=C\C/C=C\C/C=C\C/C=C\CCCCCCC(=O)OCC(COC(=O)CCCCCCCCCCCCC)OC(=O)CCCCCCCCCCCCCCCCCCC. The van der Waals surface area contributed by atoms with E-state index < -0.39 is 6.10 Å². The summed E-state index contributed by atoms with van der Waals surface area (Å²) in [6, 6.07) is 0. The maximum absolute atomic E-state index is 12.8. The Kier molecular flexibility index (Phi) is 49.8. The van der Waals surface area contributed by atoms with Crippen LogP contribution >= 0.6 is 0 Å². The highest BCUT2D eigenvalue weighted by atomic mass is 16.6. The maximum Gasteiger partial charge on any atom is 0.306 e. The fourth-order valence-electron chi connectivity index (χ4n) is 7.79. The molecule has 0 radical (unpaired) electrons. The molecule has 0 rings (SSSR count). The van der Waals surface area contributed by atoms with Crippen molar-refractivity contribution in [3.63, 3.8) is 0 Å². The van der Waals surface area contributed by atoms with Crippen LogP contribution in [0.2, 0.25) is 0 Å². The zero-order chi connectivity index (χ0) is 45.8. The van der Waals surface area contributed by atoms with Gasteiger partial charge in [-0.1, -0.05) is 249 Å². The molecule has 366 valence electrons. The van der Waals surface area contributed by atoms with Crippen molar-refractivity contribution in [1.29, 1.82) is 0 Å². The molecule has 0 aromatic rings. The van der Waals surface area contributed by atoms with Crippen LogP contribution in [0.5, 0.6) is 0 Å². The second-order valence-electron chi connectivity index (χ2n) is 18.1. The summed E-state index contributed by atoms with van der Waals surface area (Å²) in [7, 11) is 0. The molecule has 1 atom stereocenters. The van der Waals surface area contributed by atoms with Crippen LogP contribution in [0.15, 0.2) is 48.6 Å². The van der Waals surface area contributed by atoms with E-state index in [1.54, 1.807) is 0 Å². The van der Waals surface area contributed by atoms with Gasteiger partial charge in [-0.15, -0.1) is 0 Å². The fourth-order valence-corrected chi connectivity index (χ4v) is 7.79. The van der Waals surface area contributed by atoms with Crippen molar-refractivity contribution < 1.29 is 28.6 Å². The van der Waals surface area contributed by atoms with Crippen LogP contribution in [0.4, 0.5) is 0 Å². The van der Waals surface area contributed by atoms with Crippen LogP contribution < -0.4 is 0 Å². The Morgan fingerprint density at radius 3 is 0.968 bits per heavy atom. The summed E-state index contributed by atoms with van der Waals surface area (Å²) in [5, 5.41) is 0. The number of unbranched alkanes of at least 4 members (excludes halogenated alkanes) is 30. The second-order valence-corrected chi connectivity index (χ2v) is 18.1. The monoisotopic (exact) mass is 883 g/mol. The number of carbonyl (C=O) groups is 3. The highest BCUT2D eigenvalue weighted by Gasteiger charge is 2.19. The first-order valence-electron chi connectivity index (χ1n) is 27.1. The summed E-state index contributed by atoms with van der Waals surface area (Å²) in [6.07, 6.45) is 62.4. The number of hydrogen-bond acceptors (Lipinski definition) is 6. The number of allylic oxidation sites excluding steroid dienone is 8. The minimum absolute atomic E-state index is 0.0772. The smallest absolute Gasteiger partial charge is 0.306 e. The molecular weight excluding hydrogens is 781 g/mol. The minimum atomic E-state index is -0.778. The third-order valence-electron chi connectivity index (χ3n) is 11.8. The first kappa shape index (κ1) is 60.4. The average molecular weight is 883 g/mol. The molecule has 0 aliphatic carbocycles. The van der Waals surface area contributed by atoms with E-state index in [4.69, 9.17) is 14.2 Å². The lowest BCUT2D eigenvalue weighted by Gasteiger charge is -2.18. The van der Waals surface area contributed by atoms with E-state index in [2.05, 4.69) is 69.4 Å². The molecular formula is C57H102O6. The first-order valence-corrected chi connectivity index (χ1v) is 27.1. The van der Waals surface area contributed by atoms with Gasteiger partial charge in [0.2, 0.25) is 0 Å². The Morgan fingerprint density at radius 1 is 0.333 bits per heavy atom. The Morgan fingerprint density at radius 2 is 0.619 bits per heavy atom. The maximum atomic E-state index is 12.8. The molecule has 0 bridgehead atoms. The highest BCUT2D eigenvalue weighted by Crippen LogP contribution is 2.16. The van der Waals surface area contributed by atoms with Crippen LogP contribution in [0.3, 0.4) is 0 Å². The molecule has 0 saturated heterocycles. The van der Waals surface area contributed by atoms with Gasteiger partial charge in [-0.05, 0) is 57.8 Å². The zero-order valence-corrected chi connectivity index (χ0v) is 41.8. The number of hydrogen-bond donors (Lipinski definition) is 0. The van der Waals surface area contributed by atoms with Gasteiger partial charge in [0.05, 0.1) is 0 Å². The Bertz CT molecular complexity index is 1110. The molecule has 0 amide bonds. The van der Waals surface area contributed by atoms with Gasteiger partial charge in [0.25, 0.3) is 0 Å². The quantitative estimate of drug-likeness (QED) is 0.0262. The zero-order valence-electron chi connectivity index (χ0n) is 41.8. The number of esters is 3. The average Bonchev–Trinajstić information content (AvgIpc) is 3.28. The molecule has 1 unspecified atom stereocenters. The summed E-state index contributed by atoms with van der Waals surface area (Å²) in [5.74, 6) is -0.890. The van der Waals surface area contributed by atoms with Gasteiger partial charge in [0.1, 0.15) is 13.2 Å². The van der Waals surface area contributed by atoms with E-state index in [-0.39, 0.29) is 31.1 Å². The Balaban J connectivity index is 4.36. The number of carbonyl (C=O) groups excluding carboxylic acids is 3. The summed E-state index contributed by atoms with van der Waals surface area (Å²) in [6.45, 7) is 6.53. The normalized spacial score (nSPS) is 12.4. The lowest BCUT2D eigenvalue weighted by molar-refractivity contribution is -0.167. The minimum Gasteiger partial charge on any atom is -0.462 e. The first-order chi connectivity index (χ1) is 31.0. The number of ether oxygens (including phenoxy) is 3. The van der Waals surface area contributed by atoms with Gasteiger partial charge in [0, 0.05) is 19.3 Å². The van der Waals surface area contributed by atoms with Crippen molar-refractivity contribution in [2.75, 3.05) is 13.2 Å².